The highest BCUT2D eigenvalue weighted by Crippen LogP contribution is 2.17. The van der Waals surface area contributed by atoms with E-state index in [-0.39, 0.29) is 16.8 Å². The van der Waals surface area contributed by atoms with Crippen LogP contribution in [0, 0.1) is 11.3 Å². The number of nitrogen functional groups attached to an aromatic ring is 1. The van der Waals surface area contributed by atoms with Gasteiger partial charge in [-0.15, -0.1) is 0 Å². The Kier molecular flexibility index (Phi) is 5.83. The number of rotatable bonds is 5. The number of hydrogen-bond donors (Lipinski definition) is 2. The van der Waals surface area contributed by atoms with Crippen LogP contribution in [0.15, 0.2) is 59.4 Å². The fraction of sp³-hybridized carbons (Fsp3) is 0.0476. The first-order valence-electron chi connectivity index (χ1n) is 8.55. The molecule has 29 heavy (non-hydrogen) atoms. The van der Waals surface area contributed by atoms with Crippen molar-refractivity contribution in [2.75, 3.05) is 7.11 Å². The molecule has 3 rings (SSSR count). The monoisotopic (exact) mass is 387 g/mol. The second kappa shape index (κ2) is 8.65. The summed E-state index contributed by atoms with van der Waals surface area (Å²) in [5.74, 6) is 5.15. The number of nitriles is 1. The first kappa shape index (κ1) is 19.5. The molecule has 8 heteroatoms. The van der Waals surface area contributed by atoms with E-state index in [2.05, 4.69) is 5.10 Å². The minimum absolute atomic E-state index is 0.0917. The van der Waals surface area contributed by atoms with Crippen LogP contribution in [0.1, 0.15) is 27.2 Å². The van der Waals surface area contributed by atoms with E-state index in [4.69, 9.17) is 10.6 Å². The van der Waals surface area contributed by atoms with Crippen LogP contribution in [-0.4, -0.2) is 22.8 Å². The molecule has 1 amide bonds. The first-order chi connectivity index (χ1) is 14.1. The second-order valence-electron chi connectivity index (χ2n) is 5.88. The van der Waals surface area contributed by atoms with E-state index in [1.165, 1.54) is 13.2 Å². The van der Waals surface area contributed by atoms with E-state index >= 15 is 0 Å². The highest BCUT2D eigenvalue weighted by molar-refractivity contribution is 5.97. The van der Waals surface area contributed by atoms with Crippen LogP contribution in [0.5, 0.6) is 5.75 Å². The van der Waals surface area contributed by atoms with Crippen LogP contribution in [0.2, 0.25) is 0 Å². The number of amides is 1. The topological polar surface area (TPSA) is 123 Å². The maximum atomic E-state index is 12.9. The summed E-state index contributed by atoms with van der Waals surface area (Å²) < 4.78 is 6.09. The third kappa shape index (κ3) is 4.05. The quantitative estimate of drug-likeness (QED) is 0.391. The molecule has 0 radical (unpaired) electrons. The molecule has 3 N–H and O–H groups in total. The van der Waals surface area contributed by atoms with Crippen molar-refractivity contribution in [2.24, 2.45) is 5.84 Å². The average Bonchev–Trinajstić information content (AvgIpc) is 2.78. The molecule has 0 atom stereocenters. The van der Waals surface area contributed by atoms with Crippen molar-refractivity contribution >= 4 is 18.1 Å². The van der Waals surface area contributed by atoms with Crippen LogP contribution >= 0.6 is 0 Å². The van der Waals surface area contributed by atoms with Crippen LogP contribution < -0.4 is 21.6 Å². The van der Waals surface area contributed by atoms with E-state index < -0.39 is 11.5 Å². The lowest BCUT2D eigenvalue weighted by atomic mass is 10.1. The Morgan fingerprint density at radius 2 is 1.86 bits per heavy atom. The number of hydrazine groups is 1. The number of hydrogen-bond acceptors (Lipinski definition) is 6. The van der Waals surface area contributed by atoms with Gasteiger partial charge in [0.15, 0.2) is 5.69 Å². The zero-order valence-corrected chi connectivity index (χ0v) is 15.5. The molecule has 0 saturated carbocycles. The van der Waals surface area contributed by atoms with Gasteiger partial charge in [0, 0.05) is 5.56 Å². The molecule has 3 aromatic rings. The van der Waals surface area contributed by atoms with E-state index in [0.717, 1.165) is 10.2 Å². The molecule has 0 unspecified atom stereocenters. The summed E-state index contributed by atoms with van der Waals surface area (Å²) in [6.45, 7) is 0. The summed E-state index contributed by atoms with van der Waals surface area (Å²) in [5.41, 5.74) is 2.28. The molecule has 1 heterocycles. The number of carbonyl (C=O) groups excluding carboxylic acids is 1. The summed E-state index contributed by atoms with van der Waals surface area (Å²) in [6, 6.07) is 17.6. The largest absolute Gasteiger partial charge is 0.497 e. The summed E-state index contributed by atoms with van der Waals surface area (Å²) >= 11 is 0. The maximum absolute atomic E-state index is 12.9. The molecule has 144 valence electrons. The highest BCUT2D eigenvalue weighted by atomic mass is 16.5. The zero-order chi connectivity index (χ0) is 20.8. The number of nitrogens with one attached hydrogen (secondary N) is 1. The van der Waals surface area contributed by atoms with Crippen molar-refractivity contribution in [3.63, 3.8) is 0 Å². The zero-order valence-electron chi connectivity index (χ0n) is 15.5. The molecule has 2 aromatic carbocycles. The van der Waals surface area contributed by atoms with Gasteiger partial charge < -0.3 is 4.74 Å². The third-order valence-electron chi connectivity index (χ3n) is 4.15. The van der Waals surface area contributed by atoms with Gasteiger partial charge in [0.2, 0.25) is 0 Å². The first-order valence-corrected chi connectivity index (χ1v) is 8.55. The number of ether oxygens (including phenoxy) is 1. The molecular formula is C21H17N5O3. The van der Waals surface area contributed by atoms with Crippen molar-refractivity contribution in [1.29, 1.82) is 5.26 Å². The van der Waals surface area contributed by atoms with Crippen molar-refractivity contribution in [3.05, 3.63) is 87.3 Å². The lowest BCUT2D eigenvalue weighted by Gasteiger charge is -2.11. The molecule has 1 aromatic heterocycles. The van der Waals surface area contributed by atoms with Gasteiger partial charge in [-0.25, -0.2) is 5.84 Å². The van der Waals surface area contributed by atoms with Crippen molar-refractivity contribution < 1.29 is 9.53 Å². The van der Waals surface area contributed by atoms with Crippen molar-refractivity contribution in [3.8, 4) is 17.5 Å². The molecule has 0 bridgehead atoms. The SMILES string of the molecule is COc1ccc(-n2nc(C(=O)NN)c(/C=C/c3ccccc3)c(C#N)c2=O)cc1. The van der Waals surface area contributed by atoms with Crippen LogP contribution in [-0.2, 0) is 0 Å². The van der Waals surface area contributed by atoms with Gasteiger partial charge in [0.05, 0.1) is 12.8 Å². The second-order valence-corrected chi connectivity index (χ2v) is 5.88. The van der Waals surface area contributed by atoms with E-state index in [9.17, 15) is 14.9 Å². The van der Waals surface area contributed by atoms with Crippen LogP contribution in [0.4, 0.5) is 0 Å². The van der Waals surface area contributed by atoms with Crippen LogP contribution in [0.25, 0.3) is 17.8 Å². The lowest BCUT2D eigenvalue weighted by molar-refractivity contribution is 0.0946. The van der Waals surface area contributed by atoms with Gasteiger partial charge in [0.1, 0.15) is 17.4 Å². The highest BCUT2D eigenvalue weighted by Gasteiger charge is 2.21. The number of benzene rings is 2. The van der Waals surface area contributed by atoms with E-state index in [1.807, 2.05) is 41.8 Å². The van der Waals surface area contributed by atoms with Crippen molar-refractivity contribution in [1.82, 2.24) is 15.2 Å². The normalized spacial score (nSPS) is 10.5. The summed E-state index contributed by atoms with van der Waals surface area (Å²) in [7, 11) is 1.52. The third-order valence-corrected chi connectivity index (χ3v) is 4.15. The fourth-order valence-electron chi connectivity index (χ4n) is 2.69. The number of nitrogens with two attached hydrogens (primary N) is 1. The summed E-state index contributed by atoms with van der Waals surface area (Å²) in [5, 5.41) is 13.8. The average molecular weight is 387 g/mol. The molecular weight excluding hydrogens is 370 g/mol. The Morgan fingerprint density at radius 3 is 2.45 bits per heavy atom. The molecule has 8 nitrogen and oxygen atoms in total. The predicted molar refractivity (Wildman–Crippen MR) is 108 cm³/mol. The number of carbonyl (C=O) groups is 1. The Labute approximate surface area is 166 Å². The summed E-state index contributed by atoms with van der Waals surface area (Å²) in [4.78, 5) is 25.2. The Morgan fingerprint density at radius 1 is 1.17 bits per heavy atom. The molecule has 0 aliphatic rings. The van der Waals surface area contributed by atoms with Gasteiger partial charge in [0.25, 0.3) is 11.5 Å². The van der Waals surface area contributed by atoms with Gasteiger partial charge in [-0.05, 0) is 29.8 Å². The minimum atomic E-state index is -0.725. The van der Waals surface area contributed by atoms with Crippen LogP contribution in [0.3, 0.4) is 0 Å². The van der Waals surface area contributed by atoms with Crippen molar-refractivity contribution in [2.45, 2.75) is 0 Å². The van der Waals surface area contributed by atoms with E-state index in [1.54, 1.807) is 30.3 Å². The van der Waals surface area contributed by atoms with E-state index in [0.29, 0.717) is 11.4 Å². The molecule has 0 fully saturated rings. The number of aromatic nitrogens is 2. The minimum Gasteiger partial charge on any atom is -0.497 e. The van der Waals surface area contributed by atoms with Gasteiger partial charge in [-0.2, -0.15) is 15.0 Å². The molecule has 0 spiro atoms. The fourth-order valence-corrected chi connectivity index (χ4v) is 2.69. The Bertz CT molecular complexity index is 1160. The maximum Gasteiger partial charge on any atom is 0.290 e. The smallest absolute Gasteiger partial charge is 0.290 e. The molecule has 0 aliphatic carbocycles. The molecule has 0 aliphatic heterocycles. The number of nitrogens with zero attached hydrogens (tertiary/aromatic N) is 3. The standard InChI is InChI=1S/C21H17N5O3/c1-29-16-10-8-15(9-11-16)26-21(28)18(13-22)17(19(25-26)20(27)24-23)12-7-14-5-3-2-4-6-14/h2-12H,23H2,1H3,(H,24,27)/b12-7+. The lowest BCUT2D eigenvalue weighted by Crippen LogP contribution is -2.35. The summed E-state index contributed by atoms with van der Waals surface area (Å²) in [6.07, 6.45) is 3.19. The number of methoxy groups -OCH3 is 1. The Balaban J connectivity index is 2.21. The predicted octanol–water partition coefficient (Wildman–Crippen LogP) is 1.89. The Hall–Kier alpha value is -4.22. The van der Waals surface area contributed by atoms with Gasteiger partial charge >= 0.3 is 0 Å². The van der Waals surface area contributed by atoms with Gasteiger partial charge in [-0.3, -0.25) is 15.0 Å². The van der Waals surface area contributed by atoms with Gasteiger partial charge in [-0.1, -0.05) is 42.5 Å². The molecule has 0 saturated heterocycles.